The molecule has 3 rings (SSSR count). The van der Waals surface area contributed by atoms with Gasteiger partial charge in [-0.1, -0.05) is 6.07 Å². The van der Waals surface area contributed by atoms with E-state index in [1.165, 1.54) is 0 Å². The van der Waals surface area contributed by atoms with Gasteiger partial charge in [0, 0.05) is 6.54 Å². The van der Waals surface area contributed by atoms with Crippen LogP contribution >= 0.6 is 11.3 Å². The Kier molecular flexibility index (Phi) is 4.41. The lowest BCUT2D eigenvalue weighted by atomic mass is 10.1. The SMILES string of the molecule is C[C@@H]1CN(C(=O)NCc2coc(-c3cccs3)n2)CC(C)(C)O1. The second-order valence-corrected chi connectivity index (χ2v) is 7.30. The second-order valence-electron chi connectivity index (χ2n) is 6.35. The molecule has 0 bridgehead atoms. The fraction of sp³-hybridized carbons (Fsp3) is 0.500. The van der Waals surface area contributed by atoms with Crippen molar-refractivity contribution in [3.05, 3.63) is 29.5 Å². The highest BCUT2D eigenvalue weighted by molar-refractivity contribution is 7.13. The molecule has 1 aliphatic heterocycles. The molecular weight excluding hydrogens is 314 g/mol. The van der Waals surface area contributed by atoms with Crippen LogP contribution in [0.3, 0.4) is 0 Å². The van der Waals surface area contributed by atoms with Gasteiger partial charge in [0.05, 0.1) is 35.4 Å². The third kappa shape index (κ3) is 3.92. The van der Waals surface area contributed by atoms with Gasteiger partial charge in [-0.15, -0.1) is 11.3 Å². The summed E-state index contributed by atoms with van der Waals surface area (Å²) in [6.07, 6.45) is 1.61. The Labute approximate surface area is 139 Å². The molecule has 7 heteroatoms. The summed E-state index contributed by atoms with van der Waals surface area (Å²) in [5.41, 5.74) is 0.386. The van der Waals surface area contributed by atoms with Crippen LogP contribution < -0.4 is 5.32 Å². The molecule has 0 radical (unpaired) electrons. The molecular formula is C16H21N3O3S. The highest BCUT2D eigenvalue weighted by atomic mass is 32.1. The summed E-state index contributed by atoms with van der Waals surface area (Å²) in [6, 6.07) is 3.80. The fourth-order valence-electron chi connectivity index (χ4n) is 2.79. The quantitative estimate of drug-likeness (QED) is 0.936. The number of thiophene rings is 1. The molecule has 1 N–H and O–H groups in total. The van der Waals surface area contributed by atoms with Crippen LogP contribution in [0.5, 0.6) is 0 Å². The smallest absolute Gasteiger partial charge is 0.317 e. The summed E-state index contributed by atoms with van der Waals surface area (Å²) < 4.78 is 11.3. The predicted octanol–water partition coefficient (Wildman–Crippen LogP) is 3.11. The first-order valence-electron chi connectivity index (χ1n) is 7.62. The minimum atomic E-state index is -0.324. The molecule has 1 aliphatic rings. The maximum absolute atomic E-state index is 12.3. The zero-order valence-corrected chi connectivity index (χ0v) is 14.4. The van der Waals surface area contributed by atoms with Crippen molar-refractivity contribution in [1.82, 2.24) is 15.2 Å². The first-order chi connectivity index (χ1) is 10.9. The summed E-state index contributed by atoms with van der Waals surface area (Å²) in [4.78, 5) is 19.5. The third-order valence-electron chi connectivity index (χ3n) is 3.56. The number of ether oxygens (including phenoxy) is 1. The summed E-state index contributed by atoms with van der Waals surface area (Å²) in [5, 5.41) is 4.87. The Balaban J connectivity index is 1.57. The Morgan fingerprint density at radius 3 is 3.09 bits per heavy atom. The van der Waals surface area contributed by atoms with Crippen LogP contribution in [-0.2, 0) is 11.3 Å². The Bertz CT molecular complexity index is 666. The van der Waals surface area contributed by atoms with Gasteiger partial charge in [0.2, 0.25) is 5.89 Å². The van der Waals surface area contributed by atoms with Crippen molar-refractivity contribution in [3.8, 4) is 10.8 Å². The van der Waals surface area contributed by atoms with Crippen LogP contribution in [-0.4, -0.2) is 40.7 Å². The van der Waals surface area contributed by atoms with Gasteiger partial charge >= 0.3 is 6.03 Å². The number of hydrogen-bond donors (Lipinski definition) is 1. The topological polar surface area (TPSA) is 67.6 Å². The number of carbonyl (C=O) groups is 1. The van der Waals surface area contributed by atoms with Crippen molar-refractivity contribution in [2.45, 2.75) is 39.0 Å². The predicted molar refractivity (Wildman–Crippen MR) is 88.3 cm³/mol. The molecule has 3 heterocycles. The number of amides is 2. The summed E-state index contributed by atoms with van der Waals surface area (Å²) in [5.74, 6) is 0.588. The van der Waals surface area contributed by atoms with E-state index in [0.29, 0.717) is 31.2 Å². The Morgan fingerprint density at radius 1 is 1.57 bits per heavy atom. The van der Waals surface area contributed by atoms with Crippen molar-refractivity contribution < 1.29 is 13.9 Å². The van der Waals surface area contributed by atoms with Crippen LogP contribution in [0.25, 0.3) is 10.8 Å². The van der Waals surface area contributed by atoms with Crippen LogP contribution in [0.2, 0.25) is 0 Å². The van der Waals surface area contributed by atoms with E-state index in [-0.39, 0.29) is 17.7 Å². The van der Waals surface area contributed by atoms with E-state index in [2.05, 4.69) is 10.3 Å². The summed E-state index contributed by atoms with van der Waals surface area (Å²) in [7, 11) is 0. The number of nitrogens with one attached hydrogen (secondary N) is 1. The molecule has 0 spiro atoms. The molecule has 2 aromatic rings. The van der Waals surface area contributed by atoms with E-state index < -0.39 is 0 Å². The minimum Gasteiger partial charge on any atom is -0.443 e. The van der Waals surface area contributed by atoms with E-state index >= 15 is 0 Å². The number of nitrogens with zero attached hydrogens (tertiary/aromatic N) is 2. The summed E-state index contributed by atoms with van der Waals surface area (Å²) >= 11 is 1.57. The van der Waals surface area contributed by atoms with Crippen molar-refractivity contribution in [2.75, 3.05) is 13.1 Å². The van der Waals surface area contributed by atoms with Crippen molar-refractivity contribution >= 4 is 17.4 Å². The monoisotopic (exact) mass is 335 g/mol. The second kappa shape index (κ2) is 6.33. The zero-order chi connectivity index (χ0) is 16.4. The molecule has 2 amide bonds. The Hall–Kier alpha value is -1.86. The molecule has 6 nitrogen and oxygen atoms in total. The number of carbonyl (C=O) groups excluding carboxylic acids is 1. The fourth-order valence-corrected chi connectivity index (χ4v) is 3.44. The Morgan fingerprint density at radius 2 is 2.39 bits per heavy atom. The standard InChI is InChI=1S/C16H21N3O3S/c1-11-8-19(10-16(2,3)22-11)15(20)17-7-12-9-21-14(18-12)13-5-4-6-23-13/h4-6,9,11H,7-8,10H2,1-3H3,(H,17,20)/t11-/m1/s1. The normalized spacial score (nSPS) is 20.5. The highest BCUT2D eigenvalue weighted by Crippen LogP contribution is 2.24. The van der Waals surface area contributed by atoms with E-state index in [1.54, 1.807) is 22.5 Å². The molecule has 1 fully saturated rings. The molecule has 1 saturated heterocycles. The van der Waals surface area contributed by atoms with E-state index in [1.807, 2.05) is 38.3 Å². The van der Waals surface area contributed by atoms with Gasteiger partial charge in [-0.2, -0.15) is 0 Å². The van der Waals surface area contributed by atoms with Gasteiger partial charge in [-0.25, -0.2) is 9.78 Å². The average Bonchev–Trinajstić information content (AvgIpc) is 3.13. The van der Waals surface area contributed by atoms with Gasteiger partial charge in [-0.3, -0.25) is 0 Å². The number of aromatic nitrogens is 1. The van der Waals surface area contributed by atoms with E-state index in [0.717, 1.165) is 4.88 Å². The maximum atomic E-state index is 12.3. The largest absolute Gasteiger partial charge is 0.443 e. The van der Waals surface area contributed by atoms with Crippen LogP contribution in [0.15, 0.2) is 28.2 Å². The van der Waals surface area contributed by atoms with Gasteiger partial charge in [-0.05, 0) is 32.2 Å². The van der Waals surface area contributed by atoms with Crippen LogP contribution in [0.1, 0.15) is 26.5 Å². The van der Waals surface area contributed by atoms with Crippen LogP contribution in [0, 0.1) is 0 Å². The lowest BCUT2D eigenvalue weighted by molar-refractivity contribution is -0.117. The number of rotatable bonds is 3. The molecule has 23 heavy (non-hydrogen) atoms. The summed E-state index contributed by atoms with van der Waals surface area (Å²) in [6.45, 7) is 7.48. The van der Waals surface area contributed by atoms with Gasteiger partial charge in [0.1, 0.15) is 6.26 Å². The molecule has 1 atom stereocenters. The molecule has 2 aromatic heterocycles. The van der Waals surface area contributed by atoms with E-state index in [4.69, 9.17) is 9.15 Å². The average molecular weight is 335 g/mol. The minimum absolute atomic E-state index is 0.0296. The molecule has 0 saturated carbocycles. The molecule has 0 aromatic carbocycles. The van der Waals surface area contributed by atoms with Crippen molar-refractivity contribution in [1.29, 1.82) is 0 Å². The van der Waals surface area contributed by atoms with Gasteiger partial charge < -0.3 is 19.4 Å². The third-order valence-corrected chi connectivity index (χ3v) is 4.42. The first-order valence-corrected chi connectivity index (χ1v) is 8.50. The lowest BCUT2D eigenvalue weighted by Crippen LogP contribution is -2.56. The first kappa shape index (κ1) is 16.0. The molecule has 0 unspecified atom stereocenters. The lowest BCUT2D eigenvalue weighted by Gasteiger charge is -2.41. The van der Waals surface area contributed by atoms with E-state index in [9.17, 15) is 4.79 Å². The van der Waals surface area contributed by atoms with Gasteiger partial charge in [0.25, 0.3) is 0 Å². The van der Waals surface area contributed by atoms with Crippen molar-refractivity contribution in [2.24, 2.45) is 0 Å². The van der Waals surface area contributed by atoms with Gasteiger partial charge in [0.15, 0.2) is 0 Å². The van der Waals surface area contributed by atoms with Crippen molar-refractivity contribution in [3.63, 3.8) is 0 Å². The number of morpholine rings is 1. The number of urea groups is 1. The molecule has 124 valence electrons. The highest BCUT2D eigenvalue weighted by Gasteiger charge is 2.33. The zero-order valence-electron chi connectivity index (χ0n) is 13.5. The molecule has 0 aliphatic carbocycles. The maximum Gasteiger partial charge on any atom is 0.317 e. The number of oxazole rings is 1. The van der Waals surface area contributed by atoms with Crippen LogP contribution in [0.4, 0.5) is 4.79 Å². The number of hydrogen-bond acceptors (Lipinski definition) is 5.